The molecule has 2 unspecified atom stereocenters. The van der Waals surface area contributed by atoms with Crippen LogP contribution in [0.4, 0.5) is 0 Å². The third-order valence-corrected chi connectivity index (χ3v) is 9.02. The van der Waals surface area contributed by atoms with E-state index in [0.717, 1.165) is 44.4 Å². The van der Waals surface area contributed by atoms with Crippen LogP contribution in [0.1, 0.15) is 149 Å². The fourth-order valence-electron chi connectivity index (χ4n) is 5.69. The van der Waals surface area contributed by atoms with Gasteiger partial charge in [0.15, 0.2) is 6.29 Å². The van der Waals surface area contributed by atoms with E-state index in [1.807, 2.05) is 12.2 Å². The largest absolute Gasteiger partial charge is 0.463 e. The molecule has 1 heterocycles. The van der Waals surface area contributed by atoms with Crippen LogP contribution < -0.4 is 0 Å². The van der Waals surface area contributed by atoms with Crippen molar-refractivity contribution in [2.24, 2.45) is 11.8 Å². The SMILES string of the molecule is CCCCC[C@H](O)/C=C/[C@H]1OC(O)C[C@H](O)[C@@H]1C/C=C\CCCC(=O)OC[C@@H](O)COC(=O)CCCCCCCCCCC(C)CC. The molecular formula is C38H68O9. The maximum atomic E-state index is 12.1. The van der Waals surface area contributed by atoms with Gasteiger partial charge in [-0.25, -0.2) is 0 Å². The van der Waals surface area contributed by atoms with Crippen LogP contribution in [-0.2, 0) is 23.8 Å². The minimum atomic E-state index is -1.05. The molecule has 274 valence electrons. The predicted octanol–water partition coefficient (Wildman–Crippen LogP) is 7.08. The van der Waals surface area contributed by atoms with Gasteiger partial charge in [0.25, 0.3) is 0 Å². The maximum Gasteiger partial charge on any atom is 0.305 e. The third-order valence-electron chi connectivity index (χ3n) is 9.02. The van der Waals surface area contributed by atoms with E-state index in [4.69, 9.17) is 14.2 Å². The number of rotatable bonds is 28. The highest BCUT2D eigenvalue weighted by Gasteiger charge is 2.35. The molecule has 1 fully saturated rings. The van der Waals surface area contributed by atoms with Crippen molar-refractivity contribution in [1.82, 2.24) is 0 Å². The molecular weight excluding hydrogens is 600 g/mol. The minimum Gasteiger partial charge on any atom is -0.463 e. The van der Waals surface area contributed by atoms with E-state index >= 15 is 0 Å². The molecule has 0 amide bonds. The lowest BCUT2D eigenvalue weighted by molar-refractivity contribution is -0.199. The summed E-state index contributed by atoms with van der Waals surface area (Å²) in [6.07, 6.45) is 21.4. The Bertz CT molecular complexity index is 845. The molecule has 1 aliphatic rings. The quantitative estimate of drug-likeness (QED) is 0.0391. The van der Waals surface area contributed by atoms with Crippen molar-refractivity contribution in [2.45, 2.75) is 180 Å². The summed E-state index contributed by atoms with van der Waals surface area (Å²) in [6, 6.07) is 0. The van der Waals surface area contributed by atoms with Gasteiger partial charge >= 0.3 is 11.9 Å². The lowest BCUT2D eigenvalue weighted by Gasteiger charge is -2.36. The minimum absolute atomic E-state index is 0.137. The fourth-order valence-corrected chi connectivity index (χ4v) is 5.69. The number of ether oxygens (including phenoxy) is 3. The van der Waals surface area contributed by atoms with Crippen LogP contribution >= 0.6 is 0 Å². The first-order valence-corrected chi connectivity index (χ1v) is 18.7. The molecule has 4 N–H and O–H groups in total. The summed E-state index contributed by atoms with van der Waals surface area (Å²) >= 11 is 0. The van der Waals surface area contributed by atoms with Gasteiger partial charge in [-0.1, -0.05) is 122 Å². The van der Waals surface area contributed by atoms with Crippen molar-refractivity contribution in [3.05, 3.63) is 24.3 Å². The zero-order chi connectivity index (χ0) is 34.7. The molecule has 7 atom stereocenters. The number of hydrogen-bond donors (Lipinski definition) is 4. The number of hydrogen-bond acceptors (Lipinski definition) is 9. The Morgan fingerprint density at radius 3 is 2.04 bits per heavy atom. The van der Waals surface area contributed by atoms with E-state index in [1.165, 1.54) is 44.9 Å². The zero-order valence-electron chi connectivity index (χ0n) is 29.7. The second-order valence-electron chi connectivity index (χ2n) is 13.5. The Morgan fingerprint density at radius 1 is 0.809 bits per heavy atom. The highest BCUT2D eigenvalue weighted by molar-refractivity contribution is 5.69. The van der Waals surface area contributed by atoms with E-state index in [0.29, 0.717) is 32.1 Å². The van der Waals surface area contributed by atoms with Gasteiger partial charge in [0.1, 0.15) is 19.3 Å². The molecule has 0 aliphatic carbocycles. The monoisotopic (exact) mass is 668 g/mol. The van der Waals surface area contributed by atoms with Crippen molar-refractivity contribution in [1.29, 1.82) is 0 Å². The van der Waals surface area contributed by atoms with Gasteiger partial charge in [0.05, 0.1) is 18.3 Å². The Labute approximate surface area is 285 Å². The maximum absolute atomic E-state index is 12.1. The van der Waals surface area contributed by atoms with Crippen molar-refractivity contribution >= 4 is 11.9 Å². The van der Waals surface area contributed by atoms with Crippen LogP contribution in [0.2, 0.25) is 0 Å². The molecule has 0 bridgehead atoms. The van der Waals surface area contributed by atoms with E-state index in [-0.39, 0.29) is 37.9 Å². The molecule has 1 aliphatic heterocycles. The molecule has 0 aromatic rings. The first-order valence-electron chi connectivity index (χ1n) is 18.7. The van der Waals surface area contributed by atoms with Gasteiger partial charge in [0, 0.05) is 25.2 Å². The predicted molar refractivity (Wildman–Crippen MR) is 185 cm³/mol. The van der Waals surface area contributed by atoms with Crippen LogP contribution in [0.5, 0.6) is 0 Å². The first-order chi connectivity index (χ1) is 22.7. The Morgan fingerprint density at radius 2 is 1.40 bits per heavy atom. The number of aliphatic hydroxyl groups is 4. The third kappa shape index (κ3) is 23.3. The molecule has 0 aromatic carbocycles. The summed E-state index contributed by atoms with van der Waals surface area (Å²) in [6.45, 7) is 6.28. The smallest absolute Gasteiger partial charge is 0.305 e. The summed E-state index contributed by atoms with van der Waals surface area (Å²) in [5.74, 6) is -0.173. The highest BCUT2D eigenvalue weighted by atomic mass is 16.6. The van der Waals surface area contributed by atoms with Gasteiger partial charge in [-0.2, -0.15) is 0 Å². The molecule has 0 aromatic heterocycles. The van der Waals surface area contributed by atoms with Crippen LogP contribution in [-0.4, -0.2) is 76.3 Å². The molecule has 0 radical (unpaired) electrons. The number of esters is 2. The second-order valence-corrected chi connectivity index (χ2v) is 13.5. The molecule has 47 heavy (non-hydrogen) atoms. The van der Waals surface area contributed by atoms with Crippen molar-refractivity contribution in [2.75, 3.05) is 13.2 Å². The standard InChI is InChI=1S/C38H68O9/c1-4-6-15-21-31(39)25-26-35-33(34(41)27-38(44)47-35)22-17-13-14-19-24-37(43)46-29-32(40)28-45-36(42)23-18-12-10-8-7-9-11-16-20-30(3)5-2/h13,17,25-26,30-35,38-41,44H,4-12,14-16,18-24,27-29H2,1-3H3/b17-13-,26-25+/t30?,31-,32-,33-,34-,35+,38?/m0/s1. The van der Waals surface area contributed by atoms with Crippen LogP contribution in [0.25, 0.3) is 0 Å². The molecule has 9 heteroatoms. The zero-order valence-corrected chi connectivity index (χ0v) is 29.7. The molecule has 1 rings (SSSR count). The molecule has 0 saturated carbocycles. The number of aliphatic hydroxyl groups excluding tert-OH is 4. The van der Waals surface area contributed by atoms with Crippen molar-refractivity contribution in [3.63, 3.8) is 0 Å². The molecule has 0 spiro atoms. The number of carbonyl (C=O) groups excluding carboxylic acids is 2. The Balaban J connectivity index is 2.13. The normalized spacial score (nSPS) is 22.0. The van der Waals surface area contributed by atoms with Gasteiger partial charge in [-0.15, -0.1) is 0 Å². The van der Waals surface area contributed by atoms with Gasteiger partial charge in [0.2, 0.25) is 0 Å². The van der Waals surface area contributed by atoms with E-state index in [2.05, 4.69) is 20.8 Å². The number of carbonyl (C=O) groups is 2. The summed E-state index contributed by atoms with van der Waals surface area (Å²) in [4.78, 5) is 24.0. The van der Waals surface area contributed by atoms with E-state index in [1.54, 1.807) is 12.2 Å². The van der Waals surface area contributed by atoms with Gasteiger partial charge < -0.3 is 34.6 Å². The average molecular weight is 669 g/mol. The van der Waals surface area contributed by atoms with E-state index in [9.17, 15) is 30.0 Å². The fraction of sp³-hybridized carbons (Fsp3) is 0.842. The summed E-state index contributed by atoms with van der Waals surface area (Å²) in [5, 5.41) is 40.7. The number of allylic oxidation sites excluding steroid dienone is 2. The number of unbranched alkanes of at least 4 members (excludes halogenated alkanes) is 10. The van der Waals surface area contributed by atoms with Crippen molar-refractivity contribution in [3.8, 4) is 0 Å². The van der Waals surface area contributed by atoms with Crippen molar-refractivity contribution < 1.29 is 44.2 Å². The topological polar surface area (TPSA) is 143 Å². The summed E-state index contributed by atoms with van der Waals surface area (Å²) < 4.78 is 15.9. The van der Waals surface area contributed by atoms with E-state index < -0.39 is 36.7 Å². The lowest BCUT2D eigenvalue weighted by Crippen LogP contribution is -2.43. The summed E-state index contributed by atoms with van der Waals surface area (Å²) in [7, 11) is 0. The van der Waals surface area contributed by atoms with Gasteiger partial charge in [-0.05, 0) is 38.0 Å². The van der Waals surface area contributed by atoms with Crippen LogP contribution in [0, 0.1) is 11.8 Å². The second kappa shape index (κ2) is 28.1. The van der Waals surface area contributed by atoms with Crippen LogP contribution in [0.15, 0.2) is 24.3 Å². The average Bonchev–Trinajstić information content (AvgIpc) is 3.04. The Kier molecular flexibility index (Phi) is 25.9. The first kappa shape index (κ1) is 43.2. The molecule has 1 saturated heterocycles. The molecule has 9 nitrogen and oxygen atoms in total. The lowest BCUT2D eigenvalue weighted by atomic mass is 9.87. The Hall–Kier alpha value is -1.78. The highest BCUT2D eigenvalue weighted by Crippen LogP contribution is 2.29. The summed E-state index contributed by atoms with van der Waals surface area (Å²) in [5.41, 5.74) is 0. The van der Waals surface area contributed by atoms with Gasteiger partial charge in [-0.3, -0.25) is 9.59 Å². The van der Waals surface area contributed by atoms with Crippen LogP contribution in [0.3, 0.4) is 0 Å².